The van der Waals surface area contributed by atoms with Gasteiger partial charge >= 0.3 is 6.09 Å². The predicted molar refractivity (Wildman–Crippen MR) is 113 cm³/mol. The lowest BCUT2D eigenvalue weighted by Crippen LogP contribution is -2.32. The molecule has 140 valence electrons. The number of nitrogens with two attached hydrogens (primary N) is 1. The number of carbonyl (C=O) groups excluding carboxylic acids is 1. The van der Waals surface area contributed by atoms with E-state index in [1.54, 1.807) is 6.92 Å². The van der Waals surface area contributed by atoms with Gasteiger partial charge in [-0.3, -0.25) is 5.32 Å². The predicted octanol–water partition coefficient (Wildman–Crippen LogP) is 4.64. The van der Waals surface area contributed by atoms with E-state index in [1.807, 2.05) is 48.5 Å². The summed E-state index contributed by atoms with van der Waals surface area (Å²) < 4.78 is 7.12. The van der Waals surface area contributed by atoms with Gasteiger partial charge in [0.25, 0.3) is 0 Å². The van der Waals surface area contributed by atoms with Crippen LogP contribution in [0.2, 0.25) is 0 Å². The zero-order valence-electron chi connectivity index (χ0n) is 15.9. The van der Waals surface area contributed by atoms with Gasteiger partial charge in [-0.1, -0.05) is 18.2 Å². The fraction of sp³-hybridized carbons (Fsp3) is 0.130. The van der Waals surface area contributed by atoms with Gasteiger partial charge in [0, 0.05) is 28.4 Å². The minimum absolute atomic E-state index is 0.341. The summed E-state index contributed by atoms with van der Waals surface area (Å²) in [5.74, 6) is 0. The first-order valence-corrected chi connectivity index (χ1v) is 9.22. The summed E-state index contributed by atoms with van der Waals surface area (Å²) in [6.45, 7) is 2.12. The average Bonchev–Trinajstić information content (AvgIpc) is 2.69. The SMILES string of the molecule is CCOC(=O)Nc1ccc(-c2c3ccccc3c3cc(N)ccc3[n+]2C)cc1. The first-order chi connectivity index (χ1) is 13.6. The molecule has 0 aliphatic rings. The van der Waals surface area contributed by atoms with Gasteiger partial charge in [0.15, 0.2) is 0 Å². The Morgan fingerprint density at radius 3 is 2.43 bits per heavy atom. The summed E-state index contributed by atoms with van der Waals surface area (Å²) in [4.78, 5) is 11.6. The summed E-state index contributed by atoms with van der Waals surface area (Å²) in [5.41, 5.74) is 10.8. The number of nitrogens with zero attached hydrogens (tertiary/aromatic N) is 1. The van der Waals surface area contributed by atoms with E-state index < -0.39 is 6.09 Å². The van der Waals surface area contributed by atoms with Crippen LogP contribution >= 0.6 is 0 Å². The van der Waals surface area contributed by atoms with E-state index in [0.29, 0.717) is 12.3 Å². The van der Waals surface area contributed by atoms with Crippen molar-refractivity contribution < 1.29 is 14.1 Å². The lowest BCUT2D eigenvalue weighted by atomic mass is 9.99. The van der Waals surface area contributed by atoms with Gasteiger partial charge in [-0.15, -0.1) is 0 Å². The van der Waals surface area contributed by atoms with Gasteiger partial charge in [-0.25, -0.2) is 4.79 Å². The Bertz CT molecular complexity index is 1180. The zero-order chi connectivity index (χ0) is 19.7. The van der Waals surface area contributed by atoms with Crippen molar-refractivity contribution in [1.82, 2.24) is 0 Å². The van der Waals surface area contributed by atoms with Crippen LogP contribution in [0, 0.1) is 0 Å². The largest absolute Gasteiger partial charge is 0.450 e. The van der Waals surface area contributed by atoms with E-state index in [2.05, 4.69) is 35.1 Å². The molecule has 5 heteroatoms. The number of aromatic nitrogens is 1. The smallest absolute Gasteiger partial charge is 0.411 e. The number of rotatable bonds is 3. The maximum Gasteiger partial charge on any atom is 0.411 e. The van der Waals surface area contributed by atoms with E-state index in [9.17, 15) is 4.79 Å². The third-order valence-corrected chi connectivity index (χ3v) is 4.87. The molecule has 0 unspecified atom stereocenters. The number of carbonyl (C=O) groups is 1. The third-order valence-electron chi connectivity index (χ3n) is 4.87. The quantitative estimate of drug-likeness (QED) is 0.313. The highest BCUT2D eigenvalue weighted by Gasteiger charge is 2.20. The molecule has 0 atom stereocenters. The first-order valence-electron chi connectivity index (χ1n) is 9.22. The first kappa shape index (κ1) is 17.8. The highest BCUT2D eigenvalue weighted by molar-refractivity contribution is 6.09. The van der Waals surface area contributed by atoms with Crippen LogP contribution in [0.25, 0.3) is 32.9 Å². The van der Waals surface area contributed by atoms with Crippen molar-refractivity contribution in [3.8, 4) is 11.3 Å². The molecular weight excluding hydrogens is 350 g/mol. The fourth-order valence-corrected chi connectivity index (χ4v) is 3.63. The number of amides is 1. The third kappa shape index (κ3) is 3.11. The Labute approximate surface area is 163 Å². The molecule has 1 heterocycles. The van der Waals surface area contributed by atoms with Gasteiger partial charge in [-0.05, 0) is 49.4 Å². The Morgan fingerprint density at radius 2 is 1.71 bits per heavy atom. The Balaban J connectivity index is 1.87. The lowest BCUT2D eigenvalue weighted by molar-refractivity contribution is -0.632. The van der Waals surface area contributed by atoms with Crippen LogP contribution in [0.5, 0.6) is 0 Å². The number of hydrogen-bond acceptors (Lipinski definition) is 3. The van der Waals surface area contributed by atoms with Crippen molar-refractivity contribution in [3.05, 3.63) is 66.7 Å². The number of fused-ring (bicyclic) bond motifs is 3. The molecule has 5 nitrogen and oxygen atoms in total. The van der Waals surface area contributed by atoms with Crippen LogP contribution in [0.4, 0.5) is 16.2 Å². The molecule has 0 saturated heterocycles. The number of benzene rings is 3. The summed E-state index contributed by atoms with van der Waals surface area (Å²) in [6, 6.07) is 22.1. The van der Waals surface area contributed by atoms with Crippen molar-refractivity contribution in [2.75, 3.05) is 17.7 Å². The fourth-order valence-electron chi connectivity index (χ4n) is 3.63. The summed E-state index contributed by atoms with van der Waals surface area (Å²) >= 11 is 0. The summed E-state index contributed by atoms with van der Waals surface area (Å²) in [7, 11) is 2.06. The molecule has 3 aromatic carbocycles. The number of nitrogens with one attached hydrogen (secondary N) is 1. The Kier molecular flexibility index (Phi) is 4.57. The van der Waals surface area contributed by atoms with Crippen molar-refractivity contribution in [1.29, 1.82) is 0 Å². The van der Waals surface area contributed by atoms with Crippen molar-refractivity contribution in [2.45, 2.75) is 6.92 Å². The Hall–Kier alpha value is -3.60. The average molecular weight is 372 g/mol. The van der Waals surface area contributed by atoms with E-state index in [0.717, 1.165) is 38.6 Å². The topological polar surface area (TPSA) is 68.2 Å². The number of aryl methyl sites for hydroxylation is 1. The maximum absolute atomic E-state index is 11.6. The maximum atomic E-state index is 11.6. The van der Waals surface area contributed by atoms with E-state index in [1.165, 1.54) is 0 Å². The number of pyridine rings is 1. The van der Waals surface area contributed by atoms with E-state index in [4.69, 9.17) is 10.5 Å². The second kappa shape index (κ2) is 7.19. The molecule has 0 bridgehead atoms. The van der Waals surface area contributed by atoms with Crippen LogP contribution in [0.1, 0.15) is 6.92 Å². The second-order valence-corrected chi connectivity index (χ2v) is 6.65. The number of ether oxygens (including phenoxy) is 1. The number of nitrogen functional groups attached to an aromatic ring is 1. The van der Waals surface area contributed by atoms with Crippen LogP contribution in [0.3, 0.4) is 0 Å². The monoisotopic (exact) mass is 372 g/mol. The number of hydrogen-bond donors (Lipinski definition) is 2. The molecule has 0 aliphatic heterocycles. The van der Waals surface area contributed by atoms with Gasteiger partial charge in [0.2, 0.25) is 11.2 Å². The molecule has 1 amide bonds. The van der Waals surface area contributed by atoms with Gasteiger partial charge in [0.1, 0.15) is 7.05 Å². The molecule has 0 aliphatic carbocycles. The minimum atomic E-state index is -0.449. The summed E-state index contributed by atoms with van der Waals surface area (Å²) in [5, 5.41) is 6.16. The van der Waals surface area contributed by atoms with Crippen LogP contribution in [-0.2, 0) is 11.8 Å². The highest BCUT2D eigenvalue weighted by Crippen LogP contribution is 2.32. The van der Waals surface area contributed by atoms with Gasteiger partial charge in [-0.2, -0.15) is 4.57 Å². The van der Waals surface area contributed by atoms with E-state index in [-0.39, 0.29) is 0 Å². The number of anilines is 2. The minimum Gasteiger partial charge on any atom is -0.450 e. The van der Waals surface area contributed by atoms with E-state index >= 15 is 0 Å². The summed E-state index contributed by atoms with van der Waals surface area (Å²) in [6.07, 6.45) is -0.449. The second-order valence-electron chi connectivity index (χ2n) is 6.65. The lowest BCUT2D eigenvalue weighted by Gasteiger charge is -2.11. The standard InChI is InChI=1S/C23H21N3O2/c1-3-28-23(27)25-17-11-8-15(9-12-17)22-19-7-5-4-6-18(19)20-14-16(24)10-13-21(20)26(22)2/h4-14H,3,24H2,1-2H3/p+1. The molecular formula is C23H22N3O2+. The molecule has 0 radical (unpaired) electrons. The van der Waals surface area contributed by atoms with Gasteiger partial charge in [0.05, 0.1) is 17.4 Å². The van der Waals surface area contributed by atoms with Crippen LogP contribution < -0.4 is 15.6 Å². The molecule has 0 saturated carbocycles. The van der Waals surface area contributed by atoms with Gasteiger partial charge < -0.3 is 10.5 Å². The van der Waals surface area contributed by atoms with Crippen LogP contribution in [0.15, 0.2) is 66.7 Å². The molecule has 3 N–H and O–H groups in total. The zero-order valence-corrected chi connectivity index (χ0v) is 15.9. The molecule has 28 heavy (non-hydrogen) atoms. The van der Waals surface area contributed by atoms with Crippen molar-refractivity contribution in [2.24, 2.45) is 7.05 Å². The highest BCUT2D eigenvalue weighted by atomic mass is 16.5. The Morgan fingerprint density at radius 1 is 1.00 bits per heavy atom. The molecule has 0 fully saturated rings. The van der Waals surface area contributed by atoms with Crippen molar-refractivity contribution in [3.63, 3.8) is 0 Å². The molecule has 0 spiro atoms. The molecule has 4 aromatic rings. The molecule has 4 rings (SSSR count). The van der Waals surface area contributed by atoms with Crippen molar-refractivity contribution >= 4 is 39.1 Å². The van der Waals surface area contributed by atoms with Crippen LogP contribution in [-0.4, -0.2) is 12.7 Å². The molecule has 1 aromatic heterocycles. The normalized spacial score (nSPS) is 10.9.